The maximum Gasteiger partial charge on any atom is 0.495 e. The van der Waals surface area contributed by atoms with E-state index in [1.54, 1.807) is 0 Å². The lowest BCUT2D eigenvalue weighted by molar-refractivity contribution is 0.0684. The summed E-state index contributed by atoms with van der Waals surface area (Å²) in [6.07, 6.45) is 1.59. The Hall–Kier alpha value is -0.600. The number of ether oxygens (including phenoxy) is 1. The van der Waals surface area contributed by atoms with Gasteiger partial charge in [-0.3, -0.25) is 0 Å². The number of unbranched alkanes of at least 4 members (excludes halogenated alkanes) is 1. The second kappa shape index (κ2) is 6.13. The zero-order valence-corrected chi connectivity index (χ0v) is 7.10. The van der Waals surface area contributed by atoms with Crippen LogP contribution in [-0.4, -0.2) is 12.3 Å². The summed E-state index contributed by atoms with van der Waals surface area (Å²) in [6.45, 7) is 3.92. The van der Waals surface area contributed by atoms with Crippen LogP contribution in [0.5, 0.6) is 0 Å². The van der Waals surface area contributed by atoms with Crippen molar-refractivity contribution >= 4 is 6.22 Å². The third-order valence-electron chi connectivity index (χ3n) is 1.59. The molecule has 0 fully saturated rings. The number of carbonyl (C=O) groups is 1. The molecule has 2 nitrogen and oxygen atoms in total. The van der Waals surface area contributed by atoms with Gasteiger partial charge in [0.15, 0.2) is 0 Å². The van der Waals surface area contributed by atoms with Crippen LogP contribution in [0.15, 0.2) is 0 Å². The van der Waals surface area contributed by atoms with Gasteiger partial charge in [0.05, 0.1) is 0 Å². The number of hydrogen-bond donors (Lipinski definition) is 0. The zero-order chi connectivity index (χ0) is 8.69. The minimum Gasteiger partial charge on any atom is -0.437 e. The summed E-state index contributed by atoms with van der Waals surface area (Å²) in [5.41, 5.74) is 0. The predicted molar refractivity (Wildman–Crippen MR) is 41.2 cm³/mol. The van der Waals surface area contributed by atoms with Crippen molar-refractivity contribution in [2.45, 2.75) is 45.6 Å². The Kier molecular flexibility index (Phi) is 5.80. The van der Waals surface area contributed by atoms with Crippen molar-refractivity contribution in [2.24, 2.45) is 0 Å². The highest BCUT2D eigenvalue weighted by Crippen LogP contribution is 2.09. The van der Waals surface area contributed by atoms with Crippen molar-refractivity contribution in [3.05, 3.63) is 0 Å². The van der Waals surface area contributed by atoms with Crippen LogP contribution in [-0.2, 0) is 4.74 Å². The van der Waals surface area contributed by atoms with Crippen LogP contribution in [0.3, 0.4) is 0 Å². The standard InChI is InChI=1S/C8H15FO2/c1-3-5-6-7(4-2)11-8(9)10/h7H,3-6H2,1-2H3. The van der Waals surface area contributed by atoms with Gasteiger partial charge in [-0.1, -0.05) is 26.7 Å². The Morgan fingerprint density at radius 2 is 2.18 bits per heavy atom. The second-order valence-electron chi connectivity index (χ2n) is 2.53. The van der Waals surface area contributed by atoms with Crippen LogP contribution in [0.2, 0.25) is 0 Å². The summed E-state index contributed by atoms with van der Waals surface area (Å²) in [4.78, 5) is 9.89. The van der Waals surface area contributed by atoms with Crippen molar-refractivity contribution in [3.63, 3.8) is 0 Å². The third-order valence-corrected chi connectivity index (χ3v) is 1.59. The van der Waals surface area contributed by atoms with E-state index in [9.17, 15) is 9.18 Å². The van der Waals surface area contributed by atoms with Crippen molar-refractivity contribution in [1.82, 2.24) is 0 Å². The smallest absolute Gasteiger partial charge is 0.437 e. The topological polar surface area (TPSA) is 26.3 Å². The summed E-state index contributed by atoms with van der Waals surface area (Å²) >= 11 is 0. The largest absolute Gasteiger partial charge is 0.495 e. The molecule has 3 heteroatoms. The highest BCUT2D eigenvalue weighted by Gasteiger charge is 2.10. The molecule has 0 aromatic heterocycles. The Morgan fingerprint density at radius 3 is 2.55 bits per heavy atom. The molecule has 0 aromatic carbocycles. The molecule has 0 rings (SSSR count). The quantitative estimate of drug-likeness (QED) is 0.581. The molecule has 0 saturated heterocycles. The summed E-state index contributed by atoms with van der Waals surface area (Å²) in [5.74, 6) is 0. The summed E-state index contributed by atoms with van der Waals surface area (Å²) in [7, 11) is 0. The van der Waals surface area contributed by atoms with Crippen molar-refractivity contribution in [2.75, 3.05) is 0 Å². The first-order valence-corrected chi connectivity index (χ1v) is 4.06. The molecule has 11 heavy (non-hydrogen) atoms. The van der Waals surface area contributed by atoms with E-state index >= 15 is 0 Å². The van der Waals surface area contributed by atoms with E-state index in [1.807, 2.05) is 13.8 Å². The molecule has 0 amide bonds. The first-order chi connectivity index (χ1) is 5.20. The third kappa shape index (κ3) is 5.83. The Balaban J connectivity index is 3.49. The highest BCUT2D eigenvalue weighted by molar-refractivity contribution is 5.58. The van der Waals surface area contributed by atoms with E-state index in [2.05, 4.69) is 4.74 Å². The average molecular weight is 162 g/mol. The molecule has 1 unspecified atom stereocenters. The fourth-order valence-corrected chi connectivity index (χ4v) is 0.909. The molecule has 0 bridgehead atoms. The van der Waals surface area contributed by atoms with Crippen molar-refractivity contribution in [3.8, 4) is 0 Å². The number of hydrogen-bond acceptors (Lipinski definition) is 2. The first kappa shape index (κ1) is 10.4. The van der Waals surface area contributed by atoms with Crippen molar-refractivity contribution < 1.29 is 13.9 Å². The van der Waals surface area contributed by atoms with Crippen LogP contribution in [0.1, 0.15) is 39.5 Å². The molecule has 0 aliphatic carbocycles. The van der Waals surface area contributed by atoms with Crippen LogP contribution in [0.4, 0.5) is 9.18 Å². The van der Waals surface area contributed by atoms with Gasteiger partial charge in [0.2, 0.25) is 0 Å². The lowest BCUT2D eigenvalue weighted by Crippen LogP contribution is -2.13. The Labute approximate surface area is 66.7 Å². The minimum atomic E-state index is -1.66. The van der Waals surface area contributed by atoms with Gasteiger partial charge in [0.1, 0.15) is 6.10 Å². The van der Waals surface area contributed by atoms with Gasteiger partial charge in [-0.25, -0.2) is 4.79 Å². The normalized spacial score (nSPS) is 12.6. The molecule has 0 heterocycles. The monoisotopic (exact) mass is 162 g/mol. The van der Waals surface area contributed by atoms with Crippen molar-refractivity contribution in [1.29, 1.82) is 0 Å². The zero-order valence-electron chi connectivity index (χ0n) is 7.10. The first-order valence-electron chi connectivity index (χ1n) is 4.06. The van der Waals surface area contributed by atoms with Gasteiger partial charge in [-0.2, -0.15) is 0 Å². The molecule has 0 aliphatic heterocycles. The molecular weight excluding hydrogens is 147 g/mol. The van der Waals surface area contributed by atoms with Gasteiger partial charge < -0.3 is 4.74 Å². The van der Waals surface area contributed by atoms with Crippen LogP contribution >= 0.6 is 0 Å². The highest BCUT2D eigenvalue weighted by atomic mass is 19.1. The van der Waals surface area contributed by atoms with Gasteiger partial charge in [0, 0.05) is 0 Å². The molecule has 0 spiro atoms. The maximum atomic E-state index is 11.7. The van der Waals surface area contributed by atoms with E-state index in [-0.39, 0.29) is 6.10 Å². The number of carbonyl (C=O) groups excluding carboxylic acids is 1. The lowest BCUT2D eigenvalue weighted by Gasteiger charge is -2.11. The Bertz CT molecular complexity index is 115. The second-order valence-corrected chi connectivity index (χ2v) is 2.53. The summed E-state index contributed by atoms with van der Waals surface area (Å²) in [5, 5.41) is 0. The molecule has 0 aliphatic rings. The van der Waals surface area contributed by atoms with E-state index in [0.29, 0.717) is 6.42 Å². The lowest BCUT2D eigenvalue weighted by atomic mass is 10.1. The van der Waals surface area contributed by atoms with E-state index in [4.69, 9.17) is 0 Å². The van der Waals surface area contributed by atoms with Gasteiger partial charge >= 0.3 is 6.22 Å². The fraction of sp³-hybridized carbons (Fsp3) is 0.875. The number of rotatable bonds is 5. The molecular formula is C8H15FO2. The molecule has 0 N–H and O–H groups in total. The molecule has 66 valence electrons. The van der Waals surface area contributed by atoms with E-state index < -0.39 is 6.22 Å². The van der Waals surface area contributed by atoms with Gasteiger partial charge in [-0.05, 0) is 12.8 Å². The fourth-order valence-electron chi connectivity index (χ4n) is 0.909. The molecule has 0 saturated carbocycles. The Morgan fingerprint density at radius 1 is 1.55 bits per heavy atom. The van der Waals surface area contributed by atoms with Crippen LogP contribution < -0.4 is 0 Å². The van der Waals surface area contributed by atoms with Gasteiger partial charge in [0.25, 0.3) is 0 Å². The molecule has 0 aromatic rings. The summed E-state index contributed by atoms with van der Waals surface area (Å²) < 4.78 is 16.1. The summed E-state index contributed by atoms with van der Waals surface area (Å²) in [6, 6.07) is 0. The van der Waals surface area contributed by atoms with Gasteiger partial charge in [-0.15, -0.1) is 4.39 Å². The van der Waals surface area contributed by atoms with E-state index in [1.165, 1.54) is 0 Å². The van der Waals surface area contributed by atoms with Crippen LogP contribution in [0.25, 0.3) is 0 Å². The molecule has 1 atom stereocenters. The maximum absolute atomic E-state index is 11.7. The average Bonchev–Trinajstić information content (AvgIpc) is 1.97. The predicted octanol–water partition coefficient (Wildman–Crippen LogP) is 3.06. The minimum absolute atomic E-state index is 0.229. The number of halogens is 1. The molecule has 0 radical (unpaired) electrons. The van der Waals surface area contributed by atoms with E-state index in [0.717, 1.165) is 19.3 Å². The SMILES string of the molecule is CCCCC(CC)OC(=O)F. The van der Waals surface area contributed by atoms with Crippen LogP contribution in [0, 0.1) is 0 Å².